The lowest BCUT2D eigenvalue weighted by Crippen LogP contribution is -2.31. The van der Waals surface area contributed by atoms with E-state index in [1.54, 1.807) is 6.07 Å². The van der Waals surface area contributed by atoms with E-state index in [0.717, 1.165) is 19.4 Å². The molecule has 0 aliphatic carbocycles. The normalized spacial score (nSPS) is 17.4. The summed E-state index contributed by atoms with van der Waals surface area (Å²) in [4.78, 5) is 12.0. The average molecular weight is 303 g/mol. The zero-order valence-electron chi connectivity index (χ0n) is 11.4. The van der Waals surface area contributed by atoms with E-state index >= 15 is 0 Å². The van der Waals surface area contributed by atoms with Gasteiger partial charge in [0, 0.05) is 12.6 Å². The van der Waals surface area contributed by atoms with Gasteiger partial charge in [0.25, 0.3) is 5.91 Å². The summed E-state index contributed by atoms with van der Waals surface area (Å²) in [5.41, 5.74) is -0.0237. The SMILES string of the molecule is COc1cccc(F)c1C(=O)NCC[C@H]1CCCN1.Cl. The molecule has 0 bridgehead atoms. The highest BCUT2D eigenvalue weighted by Gasteiger charge is 2.18. The van der Waals surface area contributed by atoms with Gasteiger partial charge in [-0.05, 0) is 37.9 Å². The molecule has 1 aromatic carbocycles. The van der Waals surface area contributed by atoms with Crippen molar-refractivity contribution in [1.82, 2.24) is 10.6 Å². The molecule has 0 saturated carbocycles. The Morgan fingerprint density at radius 1 is 1.55 bits per heavy atom. The number of benzene rings is 1. The summed E-state index contributed by atoms with van der Waals surface area (Å²) < 4.78 is 18.7. The predicted octanol–water partition coefficient (Wildman–Crippen LogP) is 2.13. The molecule has 20 heavy (non-hydrogen) atoms. The number of carbonyl (C=O) groups excluding carboxylic acids is 1. The molecule has 0 spiro atoms. The van der Waals surface area contributed by atoms with Crippen molar-refractivity contribution in [1.29, 1.82) is 0 Å². The topological polar surface area (TPSA) is 50.4 Å². The van der Waals surface area contributed by atoms with Gasteiger partial charge in [-0.1, -0.05) is 6.07 Å². The Hall–Kier alpha value is -1.33. The number of rotatable bonds is 5. The second kappa shape index (κ2) is 8.07. The highest BCUT2D eigenvalue weighted by atomic mass is 35.5. The van der Waals surface area contributed by atoms with Crippen molar-refractivity contribution in [2.24, 2.45) is 0 Å². The van der Waals surface area contributed by atoms with E-state index in [1.807, 2.05) is 0 Å². The number of hydrogen-bond donors (Lipinski definition) is 2. The summed E-state index contributed by atoms with van der Waals surface area (Å²) in [6, 6.07) is 4.82. The van der Waals surface area contributed by atoms with E-state index < -0.39 is 11.7 Å². The molecule has 1 fully saturated rings. The van der Waals surface area contributed by atoms with E-state index in [9.17, 15) is 9.18 Å². The van der Waals surface area contributed by atoms with Crippen LogP contribution in [0.4, 0.5) is 4.39 Å². The van der Waals surface area contributed by atoms with Crippen LogP contribution >= 0.6 is 12.4 Å². The molecule has 6 heteroatoms. The molecule has 2 rings (SSSR count). The number of methoxy groups -OCH3 is 1. The van der Waals surface area contributed by atoms with E-state index in [-0.39, 0.29) is 23.7 Å². The Bertz CT molecular complexity index is 451. The second-order valence-corrected chi connectivity index (χ2v) is 4.65. The van der Waals surface area contributed by atoms with Crippen LogP contribution in [0.5, 0.6) is 5.75 Å². The first kappa shape index (κ1) is 16.7. The molecule has 1 saturated heterocycles. The Morgan fingerprint density at radius 3 is 3.00 bits per heavy atom. The third-order valence-corrected chi connectivity index (χ3v) is 3.36. The number of nitrogens with one attached hydrogen (secondary N) is 2. The monoisotopic (exact) mass is 302 g/mol. The van der Waals surface area contributed by atoms with Gasteiger partial charge in [-0.25, -0.2) is 4.39 Å². The molecule has 112 valence electrons. The molecule has 1 aliphatic rings. The quantitative estimate of drug-likeness (QED) is 0.876. The van der Waals surface area contributed by atoms with Gasteiger partial charge in [0.05, 0.1) is 7.11 Å². The minimum Gasteiger partial charge on any atom is -0.496 e. The number of amides is 1. The van der Waals surface area contributed by atoms with Crippen LogP contribution in [0.25, 0.3) is 0 Å². The third-order valence-electron chi connectivity index (χ3n) is 3.36. The third kappa shape index (κ3) is 4.08. The van der Waals surface area contributed by atoms with Crippen LogP contribution in [-0.2, 0) is 0 Å². The van der Waals surface area contributed by atoms with E-state index in [4.69, 9.17) is 4.74 Å². The maximum atomic E-state index is 13.7. The molecule has 1 aliphatic heterocycles. The zero-order chi connectivity index (χ0) is 13.7. The molecule has 2 N–H and O–H groups in total. The van der Waals surface area contributed by atoms with Crippen molar-refractivity contribution in [2.45, 2.75) is 25.3 Å². The maximum Gasteiger partial charge on any atom is 0.258 e. The van der Waals surface area contributed by atoms with Crippen molar-refractivity contribution in [3.63, 3.8) is 0 Å². The average Bonchev–Trinajstić information content (AvgIpc) is 2.91. The Balaban J connectivity index is 0.00000200. The van der Waals surface area contributed by atoms with Crippen LogP contribution in [0.1, 0.15) is 29.6 Å². The molecule has 1 atom stereocenters. The summed E-state index contributed by atoms with van der Waals surface area (Å²) in [5, 5.41) is 6.10. The summed E-state index contributed by atoms with van der Waals surface area (Å²) in [5.74, 6) is -0.722. The second-order valence-electron chi connectivity index (χ2n) is 4.65. The number of halogens is 2. The highest BCUT2D eigenvalue weighted by molar-refractivity contribution is 5.97. The molecule has 1 aromatic rings. The summed E-state index contributed by atoms with van der Waals surface area (Å²) in [7, 11) is 1.42. The fourth-order valence-electron chi connectivity index (χ4n) is 2.35. The first-order valence-corrected chi connectivity index (χ1v) is 6.56. The van der Waals surface area contributed by atoms with Crippen LogP contribution in [0.15, 0.2) is 18.2 Å². The summed E-state index contributed by atoms with van der Waals surface area (Å²) >= 11 is 0. The largest absolute Gasteiger partial charge is 0.496 e. The van der Waals surface area contributed by atoms with Crippen LogP contribution in [0.2, 0.25) is 0 Å². The number of hydrogen-bond acceptors (Lipinski definition) is 3. The standard InChI is InChI=1S/C14H19FN2O2.ClH/c1-19-12-6-2-5-11(15)13(12)14(18)17-9-7-10-4-3-8-16-10;/h2,5-6,10,16H,3-4,7-9H2,1H3,(H,17,18);1H/t10-;/m1./s1. The van der Waals surface area contributed by atoms with Crippen molar-refractivity contribution in [3.05, 3.63) is 29.6 Å². The van der Waals surface area contributed by atoms with Gasteiger partial charge in [-0.3, -0.25) is 4.79 Å². The van der Waals surface area contributed by atoms with Crippen molar-refractivity contribution in [3.8, 4) is 5.75 Å². The van der Waals surface area contributed by atoms with Crippen LogP contribution in [0.3, 0.4) is 0 Å². The fourth-order valence-corrected chi connectivity index (χ4v) is 2.35. The first-order valence-electron chi connectivity index (χ1n) is 6.56. The van der Waals surface area contributed by atoms with Gasteiger partial charge in [-0.2, -0.15) is 0 Å². The zero-order valence-corrected chi connectivity index (χ0v) is 12.3. The van der Waals surface area contributed by atoms with Crippen molar-refractivity contribution >= 4 is 18.3 Å². The smallest absolute Gasteiger partial charge is 0.258 e. The lowest BCUT2D eigenvalue weighted by atomic mass is 10.1. The molecule has 0 aromatic heterocycles. The molecule has 1 heterocycles. The van der Waals surface area contributed by atoms with Crippen molar-refractivity contribution < 1.29 is 13.9 Å². The molecular weight excluding hydrogens is 283 g/mol. The summed E-state index contributed by atoms with van der Waals surface area (Å²) in [6.45, 7) is 1.58. The molecule has 1 amide bonds. The van der Waals surface area contributed by atoms with E-state index in [2.05, 4.69) is 10.6 Å². The van der Waals surface area contributed by atoms with Gasteiger partial charge < -0.3 is 15.4 Å². The summed E-state index contributed by atoms with van der Waals surface area (Å²) in [6.07, 6.45) is 3.18. The predicted molar refractivity (Wildman–Crippen MR) is 78.2 cm³/mol. The maximum absolute atomic E-state index is 13.7. The highest BCUT2D eigenvalue weighted by Crippen LogP contribution is 2.20. The Labute approximate surface area is 124 Å². The van der Waals surface area contributed by atoms with Gasteiger partial charge in [0.1, 0.15) is 17.1 Å². The minimum absolute atomic E-state index is 0. The van der Waals surface area contributed by atoms with Crippen LogP contribution in [-0.4, -0.2) is 32.1 Å². The van der Waals surface area contributed by atoms with Gasteiger partial charge in [0.15, 0.2) is 0 Å². The number of carbonyl (C=O) groups is 1. The molecule has 4 nitrogen and oxygen atoms in total. The van der Waals surface area contributed by atoms with Gasteiger partial charge in [-0.15, -0.1) is 12.4 Å². The number of ether oxygens (including phenoxy) is 1. The minimum atomic E-state index is -0.559. The first-order chi connectivity index (χ1) is 9.22. The van der Waals surface area contributed by atoms with Crippen LogP contribution < -0.4 is 15.4 Å². The Kier molecular flexibility index (Phi) is 6.75. The lowest BCUT2D eigenvalue weighted by molar-refractivity contribution is 0.0945. The van der Waals surface area contributed by atoms with E-state index in [1.165, 1.54) is 25.7 Å². The fraction of sp³-hybridized carbons (Fsp3) is 0.500. The Morgan fingerprint density at radius 2 is 2.35 bits per heavy atom. The molecule has 0 unspecified atom stereocenters. The molecule has 0 radical (unpaired) electrons. The van der Waals surface area contributed by atoms with Crippen molar-refractivity contribution in [2.75, 3.05) is 20.2 Å². The molecular formula is C14H20ClFN2O2. The van der Waals surface area contributed by atoms with Crippen LogP contribution in [0, 0.1) is 5.82 Å². The van der Waals surface area contributed by atoms with E-state index in [0.29, 0.717) is 12.6 Å². The van der Waals surface area contributed by atoms with Gasteiger partial charge >= 0.3 is 0 Å². The van der Waals surface area contributed by atoms with Gasteiger partial charge in [0.2, 0.25) is 0 Å². The lowest BCUT2D eigenvalue weighted by Gasteiger charge is -2.12.